The molecular weight excluding hydrogens is 414 g/mol. The van der Waals surface area contributed by atoms with Gasteiger partial charge in [0.1, 0.15) is 0 Å². The molecule has 0 atom stereocenters. The summed E-state index contributed by atoms with van der Waals surface area (Å²) in [6.07, 6.45) is 1.09. The van der Waals surface area contributed by atoms with Crippen molar-refractivity contribution in [3.05, 3.63) is 48.0 Å². The second kappa shape index (κ2) is 10.9. The molecule has 0 spiro atoms. The number of benzene rings is 2. The highest BCUT2D eigenvalue weighted by Gasteiger charge is 2.19. The van der Waals surface area contributed by atoms with Crippen LogP contribution in [0.1, 0.15) is 25.3 Å². The lowest BCUT2D eigenvalue weighted by atomic mass is 10.1. The van der Waals surface area contributed by atoms with E-state index in [9.17, 15) is 4.79 Å². The van der Waals surface area contributed by atoms with Crippen LogP contribution in [0.5, 0.6) is 11.5 Å². The Kier molecular flexibility index (Phi) is 7.94. The molecule has 0 radical (unpaired) electrons. The van der Waals surface area contributed by atoms with E-state index < -0.39 is 0 Å². The summed E-state index contributed by atoms with van der Waals surface area (Å²) in [6.45, 7) is 4.28. The van der Waals surface area contributed by atoms with E-state index in [2.05, 4.69) is 23.2 Å². The monoisotopic (exact) mass is 441 g/mol. The lowest BCUT2D eigenvalue weighted by Gasteiger charge is -2.14. The second-order valence-corrected chi connectivity index (χ2v) is 7.82. The van der Waals surface area contributed by atoms with Crippen molar-refractivity contribution in [2.75, 3.05) is 26.6 Å². The van der Waals surface area contributed by atoms with Crippen molar-refractivity contribution in [2.45, 2.75) is 31.8 Å². The Hall–Kier alpha value is -3.00. The smallest absolute Gasteiger partial charge is 0.305 e. The molecule has 0 saturated carbocycles. The number of aromatic nitrogens is 3. The molecule has 0 unspecified atom stereocenters. The Morgan fingerprint density at radius 2 is 1.84 bits per heavy atom. The summed E-state index contributed by atoms with van der Waals surface area (Å²) >= 11 is 1.57. The first-order valence-corrected chi connectivity index (χ1v) is 11.1. The van der Waals surface area contributed by atoms with Gasteiger partial charge in [0.25, 0.3) is 0 Å². The predicted octanol–water partition coefficient (Wildman–Crippen LogP) is 4.70. The molecule has 0 aliphatic rings. The molecule has 8 heteroatoms. The van der Waals surface area contributed by atoms with Crippen LogP contribution < -0.4 is 9.47 Å². The highest BCUT2D eigenvalue weighted by Crippen LogP contribution is 2.35. The molecule has 0 fully saturated rings. The fraction of sp³-hybridized carbons (Fsp3) is 0.348. The van der Waals surface area contributed by atoms with Gasteiger partial charge in [0.15, 0.2) is 22.5 Å². The van der Waals surface area contributed by atoms with Gasteiger partial charge in [0, 0.05) is 17.7 Å². The minimum atomic E-state index is -0.172. The minimum absolute atomic E-state index is 0.172. The lowest BCUT2D eigenvalue weighted by molar-refractivity contribution is -0.143. The number of hydrogen-bond donors (Lipinski definition) is 0. The second-order valence-electron chi connectivity index (χ2n) is 6.75. The molecule has 1 heterocycles. The van der Waals surface area contributed by atoms with E-state index in [4.69, 9.17) is 14.2 Å². The van der Waals surface area contributed by atoms with Crippen molar-refractivity contribution in [1.29, 1.82) is 0 Å². The summed E-state index contributed by atoms with van der Waals surface area (Å²) in [5.74, 6) is 2.55. The summed E-state index contributed by atoms with van der Waals surface area (Å²) in [6, 6.07) is 13.8. The summed E-state index contributed by atoms with van der Waals surface area (Å²) < 4.78 is 17.9. The topological polar surface area (TPSA) is 75.5 Å². The molecule has 164 valence electrons. The zero-order chi connectivity index (χ0) is 22.2. The SMILES string of the molecule is CCOC(=O)CCCSc1nnc(-c2ccc(OC)c(OC)c2)n1-c1ccccc1C. The third-order valence-corrected chi connectivity index (χ3v) is 5.71. The first-order valence-electron chi connectivity index (χ1n) is 10.1. The van der Waals surface area contributed by atoms with E-state index in [0.717, 1.165) is 27.7 Å². The number of carbonyl (C=O) groups excluding carboxylic acids is 1. The molecular formula is C23H27N3O4S. The van der Waals surface area contributed by atoms with Crippen LogP contribution in [0.2, 0.25) is 0 Å². The van der Waals surface area contributed by atoms with Crippen LogP contribution in [0, 0.1) is 6.92 Å². The number of methoxy groups -OCH3 is 2. The third-order valence-electron chi connectivity index (χ3n) is 4.69. The lowest BCUT2D eigenvalue weighted by Crippen LogP contribution is -2.05. The Morgan fingerprint density at radius 1 is 1.06 bits per heavy atom. The van der Waals surface area contributed by atoms with Crippen molar-refractivity contribution in [2.24, 2.45) is 0 Å². The number of thioether (sulfide) groups is 1. The molecule has 1 aromatic heterocycles. The van der Waals surface area contributed by atoms with E-state index in [0.29, 0.717) is 36.8 Å². The minimum Gasteiger partial charge on any atom is -0.493 e. The summed E-state index contributed by atoms with van der Waals surface area (Å²) in [4.78, 5) is 11.6. The summed E-state index contributed by atoms with van der Waals surface area (Å²) in [5.41, 5.74) is 2.98. The number of hydrogen-bond acceptors (Lipinski definition) is 7. The van der Waals surface area contributed by atoms with Crippen molar-refractivity contribution < 1.29 is 19.0 Å². The highest BCUT2D eigenvalue weighted by molar-refractivity contribution is 7.99. The van der Waals surface area contributed by atoms with E-state index >= 15 is 0 Å². The van der Waals surface area contributed by atoms with Gasteiger partial charge >= 0.3 is 5.97 Å². The molecule has 0 aliphatic carbocycles. The predicted molar refractivity (Wildman–Crippen MR) is 121 cm³/mol. The fourth-order valence-corrected chi connectivity index (χ4v) is 4.05. The summed E-state index contributed by atoms with van der Waals surface area (Å²) in [5, 5.41) is 9.70. The van der Waals surface area contributed by atoms with Gasteiger partial charge < -0.3 is 14.2 Å². The van der Waals surface area contributed by atoms with Gasteiger partial charge in [-0.1, -0.05) is 30.0 Å². The van der Waals surface area contributed by atoms with Crippen LogP contribution in [0.3, 0.4) is 0 Å². The summed E-state index contributed by atoms with van der Waals surface area (Å²) in [7, 11) is 3.22. The molecule has 0 N–H and O–H groups in total. The quantitative estimate of drug-likeness (QED) is 0.256. The molecule has 0 aliphatic heterocycles. The molecule has 7 nitrogen and oxygen atoms in total. The Morgan fingerprint density at radius 3 is 2.55 bits per heavy atom. The van der Waals surface area contributed by atoms with Crippen molar-refractivity contribution >= 4 is 17.7 Å². The van der Waals surface area contributed by atoms with Gasteiger partial charge in [-0.3, -0.25) is 9.36 Å². The van der Waals surface area contributed by atoms with Crippen molar-refractivity contribution in [3.63, 3.8) is 0 Å². The van der Waals surface area contributed by atoms with Crippen LogP contribution in [-0.4, -0.2) is 47.3 Å². The molecule has 0 bridgehead atoms. The molecule has 2 aromatic carbocycles. The van der Waals surface area contributed by atoms with Crippen LogP contribution in [0.15, 0.2) is 47.6 Å². The molecule has 31 heavy (non-hydrogen) atoms. The third kappa shape index (κ3) is 5.38. The largest absolute Gasteiger partial charge is 0.493 e. The van der Waals surface area contributed by atoms with E-state index in [1.165, 1.54) is 0 Å². The molecule has 0 amide bonds. The van der Waals surface area contributed by atoms with E-state index in [1.54, 1.807) is 26.0 Å². The van der Waals surface area contributed by atoms with Crippen molar-refractivity contribution in [3.8, 4) is 28.6 Å². The fourth-order valence-electron chi connectivity index (χ4n) is 3.17. The number of ether oxygens (including phenoxy) is 3. The Bertz CT molecular complexity index is 1040. The van der Waals surface area contributed by atoms with Gasteiger partial charge in [-0.15, -0.1) is 10.2 Å². The van der Waals surface area contributed by atoms with Gasteiger partial charge in [0.05, 0.1) is 26.5 Å². The number of nitrogens with zero attached hydrogens (tertiary/aromatic N) is 3. The van der Waals surface area contributed by atoms with Crippen LogP contribution in [0.25, 0.3) is 17.1 Å². The van der Waals surface area contributed by atoms with E-state index in [-0.39, 0.29) is 5.97 Å². The zero-order valence-corrected chi connectivity index (χ0v) is 19.1. The van der Waals surface area contributed by atoms with Crippen LogP contribution in [0.4, 0.5) is 0 Å². The normalized spacial score (nSPS) is 10.7. The first-order chi connectivity index (χ1) is 15.1. The molecule has 3 rings (SSSR count). The maximum atomic E-state index is 11.6. The Balaban J connectivity index is 1.94. The average Bonchev–Trinajstić information content (AvgIpc) is 3.20. The van der Waals surface area contributed by atoms with Crippen LogP contribution in [-0.2, 0) is 9.53 Å². The number of rotatable bonds is 10. The maximum Gasteiger partial charge on any atom is 0.305 e. The highest BCUT2D eigenvalue weighted by atomic mass is 32.2. The van der Waals surface area contributed by atoms with Gasteiger partial charge in [0.2, 0.25) is 0 Å². The molecule has 3 aromatic rings. The van der Waals surface area contributed by atoms with Gasteiger partial charge in [-0.2, -0.15) is 0 Å². The Labute approximate surface area is 186 Å². The standard InChI is InChI=1S/C23H27N3O4S/c1-5-30-21(27)11-8-14-31-23-25-24-22(26(23)18-10-7-6-9-16(18)2)17-12-13-19(28-3)20(15-17)29-4/h6-7,9-10,12-13,15H,5,8,11,14H2,1-4H3. The molecule has 0 saturated heterocycles. The first kappa shape index (κ1) is 22.7. The number of esters is 1. The number of aryl methyl sites for hydroxylation is 1. The zero-order valence-electron chi connectivity index (χ0n) is 18.3. The van der Waals surface area contributed by atoms with Crippen molar-refractivity contribution in [1.82, 2.24) is 14.8 Å². The number of para-hydroxylation sites is 1. The maximum absolute atomic E-state index is 11.6. The van der Waals surface area contributed by atoms with Crippen LogP contribution >= 0.6 is 11.8 Å². The van der Waals surface area contributed by atoms with Gasteiger partial charge in [-0.05, 0) is 50.1 Å². The average molecular weight is 442 g/mol. The van der Waals surface area contributed by atoms with Gasteiger partial charge in [-0.25, -0.2) is 0 Å². The number of carbonyl (C=O) groups is 1. The van der Waals surface area contributed by atoms with E-state index in [1.807, 2.05) is 47.9 Å².